The molecule has 0 spiro atoms. The van der Waals surface area contributed by atoms with E-state index in [2.05, 4.69) is 0 Å². The Bertz CT molecular complexity index is 1320. The third-order valence-corrected chi connectivity index (χ3v) is 7.54. The summed E-state index contributed by atoms with van der Waals surface area (Å²) in [6.45, 7) is 0.0867. The van der Waals surface area contributed by atoms with Crippen molar-refractivity contribution >= 4 is 5.78 Å². The molecule has 0 radical (unpaired) electrons. The molecule has 0 bridgehead atoms. The molecule has 2 aromatic carbocycles. The lowest BCUT2D eigenvalue weighted by atomic mass is 9.91. The molecule has 0 amide bonds. The van der Waals surface area contributed by atoms with Crippen LogP contribution in [0.25, 0.3) is 0 Å². The molecule has 2 fully saturated rings. The maximum absolute atomic E-state index is 12.8. The fraction of sp³-hybridized carbons (Fsp3) is 0.519. The Kier molecular flexibility index (Phi) is 8.23. The number of fused-ring (bicyclic) bond motifs is 1. The van der Waals surface area contributed by atoms with Gasteiger partial charge in [0.2, 0.25) is 6.29 Å². The van der Waals surface area contributed by atoms with E-state index in [0.717, 1.165) is 6.07 Å². The number of phenols is 3. The van der Waals surface area contributed by atoms with Gasteiger partial charge in [0.05, 0.1) is 25.7 Å². The second-order valence-corrected chi connectivity index (χ2v) is 10.6. The third-order valence-electron chi connectivity index (χ3n) is 7.54. The number of hydrogen-bond donors (Lipinski definition) is 9. The predicted octanol–water partition coefficient (Wildman–Crippen LogP) is -1.46. The van der Waals surface area contributed by atoms with Gasteiger partial charge in [0.15, 0.2) is 12.1 Å². The minimum absolute atomic E-state index is 0.114. The first-order chi connectivity index (χ1) is 19.8. The number of rotatable bonds is 6. The quantitative estimate of drug-likeness (QED) is 0.173. The van der Waals surface area contributed by atoms with E-state index in [1.54, 1.807) is 0 Å². The van der Waals surface area contributed by atoms with Crippen molar-refractivity contribution in [1.29, 1.82) is 0 Å². The van der Waals surface area contributed by atoms with E-state index in [0.29, 0.717) is 0 Å². The lowest BCUT2D eigenvalue weighted by Gasteiger charge is -2.44. The van der Waals surface area contributed by atoms with Gasteiger partial charge >= 0.3 is 0 Å². The number of hydrogen-bond acceptors (Lipinski definition) is 15. The molecule has 0 unspecified atom stereocenters. The molecule has 0 saturated carbocycles. The Labute approximate surface area is 238 Å². The van der Waals surface area contributed by atoms with Crippen molar-refractivity contribution in [1.82, 2.24) is 0 Å². The number of aliphatic hydroxyl groups is 6. The highest BCUT2D eigenvalue weighted by atomic mass is 16.7. The number of aromatic hydroxyl groups is 3. The fourth-order valence-electron chi connectivity index (χ4n) is 5.08. The van der Waals surface area contributed by atoms with Crippen LogP contribution in [0.15, 0.2) is 30.3 Å². The molecule has 15 heteroatoms. The number of aliphatic hydroxyl groups excluding tert-OH is 5. The Morgan fingerprint density at radius 3 is 2.40 bits per heavy atom. The normalized spacial score (nSPS) is 36.6. The summed E-state index contributed by atoms with van der Waals surface area (Å²) in [7, 11) is 0. The molecule has 3 aliphatic heterocycles. The Balaban J connectivity index is 1.27. The SMILES string of the molecule is C[C@H]1O[C@@H](OC[C@@]2(O)CO[C@@H](Oc3cc(O)c4c(c3)O[C@H](c3cc(O)ccc3O)CC4=O)[C@H](O)[C@H]2O)[C@@H](O)[C@H](O)[C@H]1O. The molecule has 230 valence electrons. The molecule has 2 saturated heterocycles. The zero-order chi connectivity index (χ0) is 30.5. The van der Waals surface area contributed by atoms with Gasteiger partial charge in [0.25, 0.3) is 0 Å². The molecule has 0 aromatic heterocycles. The van der Waals surface area contributed by atoms with Crippen molar-refractivity contribution in [3.05, 3.63) is 41.5 Å². The van der Waals surface area contributed by atoms with Crippen LogP contribution in [0.4, 0.5) is 0 Å². The summed E-state index contributed by atoms with van der Waals surface area (Å²) in [6, 6.07) is 6.04. The molecule has 10 atom stereocenters. The van der Waals surface area contributed by atoms with Gasteiger partial charge in [-0.2, -0.15) is 0 Å². The van der Waals surface area contributed by atoms with Crippen molar-refractivity contribution < 1.29 is 74.4 Å². The summed E-state index contributed by atoms with van der Waals surface area (Å²) in [5.41, 5.74) is -2.22. The summed E-state index contributed by atoms with van der Waals surface area (Å²) in [4.78, 5) is 12.8. The number of ketones is 1. The monoisotopic (exact) mass is 596 g/mol. The summed E-state index contributed by atoms with van der Waals surface area (Å²) in [6.07, 6.45) is -13.6. The lowest BCUT2D eigenvalue weighted by molar-refractivity contribution is -0.325. The number of carbonyl (C=O) groups excluding carboxylic acids is 1. The van der Waals surface area contributed by atoms with E-state index in [9.17, 15) is 50.8 Å². The molecular formula is C27H32O15. The van der Waals surface area contributed by atoms with Crippen molar-refractivity contribution in [3.63, 3.8) is 0 Å². The molecule has 3 aliphatic rings. The average molecular weight is 597 g/mol. The number of ether oxygens (including phenoxy) is 5. The Morgan fingerprint density at radius 1 is 0.929 bits per heavy atom. The van der Waals surface area contributed by atoms with Crippen LogP contribution >= 0.6 is 0 Å². The molecule has 2 aromatic rings. The summed E-state index contributed by atoms with van der Waals surface area (Å²) in [5, 5.41) is 92.6. The highest BCUT2D eigenvalue weighted by molar-refractivity contribution is 6.02. The number of benzene rings is 2. The van der Waals surface area contributed by atoms with Crippen LogP contribution in [0.1, 0.15) is 35.4 Å². The van der Waals surface area contributed by atoms with E-state index in [4.69, 9.17) is 23.7 Å². The molecule has 15 nitrogen and oxygen atoms in total. The van der Waals surface area contributed by atoms with E-state index in [1.165, 1.54) is 31.2 Å². The van der Waals surface area contributed by atoms with E-state index in [1.807, 2.05) is 0 Å². The topological polar surface area (TPSA) is 245 Å². The first-order valence-electron chi connectivity index (χ1n) is 13.1. The van der Waals surface area contributed by atoms with Crippen molar-refractivity contribution in [2.75, 3.05) is 13.2 Å². The van der Waals surface area contributed by atoms with Crippen molar-refractivity contribution in [3.8, 4) is 28.7 Å². The molecular weight excluding hydrogens is 564 g/mol. The van der Waals surface area contributed by atoms with Gasteiger partial charge in [-0.25, -0.2) is 0 Å². The van der Waals surface area contributed by atoms with Crippen LogP contribution in [0.5, 0.6) is 28.7 Å². The van der Waals surface area contributed by atoms with E-state index < -0.39 is 85.7 Å². The van der Waals surface area contributed by atoms with Gasteiger partial charge < -0.3 is 69.6 Å². The van der Waals surface area contributed by atoms with Gasteiger partial charge in [-0.1, -0.05) is 0 Å². The Morgan fingerprint density at radius 2 is 1.67 bits per heavy atom. The zero-order valence-corrected chi connectivity index (χ0v) is 22.2. The van der Waals surface area contributed by atoms with Gasteiger partial charge in [-0.15, -0.1) is 0 Å². The fourth-order valence-corrected chi connectivity index (χ4v) is 5.08. The highest BCUT2D eigenvalue weighted by Crippen LogP contribution is 2.44. The van der Waals surface area contributed by atoms with Crippen LogP contribution in [-0.4, -0.2) is 120 Å². The first-order valence-corrected chi connectivity index (χ1v) is 13.1. The molecule has 9 N–H and O–H groups in total. The molecule has 0 aliphatic carbocycles. The average Bonchev–Trinajstić information content (AvgIpc) is 2.94. The zero-order valence-electron chi connectivity index (χ0n) is 22.2. The lowest BCUT2D eigenvalue weighted by Crippen LogP contribution is -2.65. The second kappa shape index (κ2) is 11.4. The van der Waals surface area contributed by atoms with Gasteiger partial charge in [-0.3, -0.25) is 4.79 Å². The van der Waals surface area contributed by atoms with E-state index in [-0.39, 0.29) is 40.5 Å². The molecule has 3 heterocycles. The largest absolute Gasteiger partial charge is 0.508 e. The summed E-state index contributed by atoms with van der Waals surface area (Å²) in [5.74, 6) is -1.65. The summed E-state index contributed by atoms with van der Waals surface area (Å²) >= 11 is 0. The van der Waals surface area contributed by atoms with Crippen molar-refractivity contribution in [2.24, 2.45) is 0 Å². The van der Waals surface area contributed by atoms with Gasteiger partial charge in [0.1, 0.15) is 76.5 Å². The number of Topliss-reactive ketones (excluding diaryl/α,β-unsaturated/α-hetero) is 1. The van der Waals surface area contributed by atoms with Crippen LogP contribution in [0.3, 0.4) is 0 Å². The minimum Gasteiger partial charge on any atom is -0.508 e. The predicted molar refractivity (Wildman–Crippen MR) is 136 cm³/mol. The van der Waals surface area contributed by atoms with Crippen LogP contribution < -0.4 is 9.47 Å². The van der Waals surface area contributed by atoms with Crippen LogP contribution in [0, 0.1) is 0 Å². The smallest absolute Gasteiger partial charge is 0.228 e. The minimum atomic E-state index is -2.21. The summed E-state index contributed by atoms with van der Waals surface area (Å²) < 4.78 is 27.5. The first kappa shape index (κ1) is 30.2. The van der Waals surface area contributed by atoms with Crippen LogP contribution in [-0.2, 0) is 14.2 Å². The third kappa shape index (κ3) is 5.58. The maximum Gasteiger partial charge on any atom is 0.228 e. The highest BCUT2D eigenvalue weighted by Gasteiger charge is 2.51. The van der Waals surface area contributed by atoms with Crippen LogP contribution in [0.2, 0.25) is 0 Å². The number of carbonyl (C=O) groups is 1. The molecule has 42 heavy (non-hydrogen) atoms. The van der Waals surface area contributed by atoms with Gasteiger partial charge in [0, 0.05) is 17.7 Å². The van der Waals surface area contributed by atoms with Crippen molar-refractivity contribution in [2.45, 2.75) is 74.3 Å². The Hall–Kier alpha value is -3.25. The van der Waals surface area contributed by atoms with Gasteiger partial charge in [-0.05, 0) is 25.1 Å². The standard InChI is InChI=1S/C27H32O15/c1-10-20(32)21(33)22(34)25(40-10)38-8-27(37)9-39-26(23(35)24(27)36)41-12-5-15(30)19-16(31)7-17(42-18(19)6-12)13-4-11(28)2-3-14(13)29/h2-6,10,17,20-26,28-30,32-37H,7-9H2,1H3/t10-,17+,20+,21-,22+,23-,24-,25-,26+,27-/m1/s1. The maximum atomic E-state index is 12.8. The second-order valence-electron chi connectivity index (χ2n) is 10.6. The molecule has 5 rings (SSSR count). The van der Waals surface area contributed by atoms with E-state index >= 15 is 0 Å². The number of phenolic OH excluding ortho intramolecular Hbond substituents is 3.